The SMILES string of the molecule is [B-]C#N.[B-]C#N.[Cu+2]. The molecule has 0 fully saturated rings. The molecule has 0 saturated carbocycles. The van der Waals surface area contributed by atoms with E-state index in [-0.39, 0.29) is 17.1 Å². The summed E-state index contributed by atoms with van der Waals surface area (Å²) in [4.78, 5) is 0. The molecule has 0 atom stereocenters. The zero-order valence-electron chi connectivity index (χ0n) is 3.35. The van der Waals surface area contributed by atoms with Gasteiger partial charge in [0.05, 0.1) is 0 Å². The third-order valence-electron chi connectivity index (χ3n) is 0. The largest absolute Gasteiger partial charge is 2.00 e. The zero-order valence-corrected chi connectivity index (χ0v) is 4.29. The van der Waals surface area contributed by atoms with Gasteiger partial charge in [0.25, 0.3) is 0 Å². The Kier molecular flexibility index (Phi) is 104. The van der Waals surface area contributed by atoms with Crippen molar-refractivity contribution in [3.05, 3.63) is 0 Å². The Hall–Kier alpha value is -0.371. The van der Waals surface area contributed by atoms with Gasteiger partial charge in [-0.2, -0.15) is 0 Å². The van der Waals surface area contributed by atoms with Crippen molar-refractivity contribution in [2.75, 3.05) is 0 Å². The summed E-state index contributed by atoms with van der Waals surface area (Å²) < 4.78 is 0. The Bertz CT molecular complexity index is 68.7. The van der Waals surface area contributed by atoms with Crippen LogP contribution in [0.5, 0.6) is 0 Å². The molecule has 0 bridgehead atoms. The van der Waals surface area contributed by atoms with Crippen LogP contribution in [0.2, 0.25) is 0 Å². The van der Waals surface area contributed by atoms with Gasteiger partial charge < -0.3 is 15.7 Å². The fourth-order valence-electron chi connectivity index (χ4n) is 0. The molecule has 0 aliphatic heterocycles. The Morgan fingerprint density at radius 2 is 1.00 bits per heavy atom. The van der Waals surface area contributed by atoms with Crippen LogP contribution in [0.15, 0.2) is 0 Å². The Morgan fingerprint density at radius 1 is 1.00 bits per heavy atom. The van der Waals surface area contributed by atoms with E-state index in [1.54, 1.807) is 0 Å². The number of hydrogen-bond donors (Lipinski definition) is 0. The van der Waals surface area contributed by atoms with Crippen molar-refractivity contribution in [2.24, 2.45) is 0 Å². The molecule has 35 valence electrons. The third kappa shape index (κ3) is 540. The molecule has 0 rings (SSSR count). The van der Waals surface area contributed by atoms with Gasteiger partial charge >= 0.3 is 17.1 Å². The van der Waals surface area contributed by atoms with Crippen molar-refractivity contribution < 1.29 is 17.1 Å². The molecule has 0 saturated heterocycles. The van der Waals surface area contributed by atoms with Crippen LogP contribution < -0.4 is 0 Å². The number of nitrogens with zero attached hydrogens (tertiary/aromatic N) is 2. The van der Waals surface area contributed by atoms with E-state index >= 15 is 0 Å². The monoisotopic (exact) mass is 137 g/mol. The Labute approximate surface area is 55.8 Å². The molecule has 0 aliphatic carbocycles. The van der Waals surface area contributed by atoms with E-state index in [1.165, 1.54) is 11.9 Å². The minimum absolute atomic E-state index is 0. The van der Waals surface area contributed by atoms with E-state index in [1.807, 2.05) is 0 Å². The fraction of sp³-hybridized carbons (Fsp3) is 0. The van der Waals surface area contributed by atoms with Crippen molar-refractivity contribution in [2.45, 2.75) is 0 Å². The van der Waals surface area contributed by atoms with E-state index in [0.29, 0.717) is 0 Å². The van der Waals surface area contributed by atoms with Crippen molar-refractivity contribution in [1.29, 1.82) is 10.5 Å². The molecule has 0 aromatic heterocycles. The molecule has 0 heterocycles. The summed E-state index contributed by atoms with van der Waals surface area (Å²) in [6.07, 6.45) is 0. The molecule has 0 unspecified atom stereocenters. The normalized spacial score (nSPS) is 2.29. The second-order valence-corrected chi connectivity index (χ2v) is 0.258. The third-order valence-corrected chi connectivity index (χ3v) is 0. The first-order chi connectivity index (χ1) is 2.83. The first kappa shape index (κ1) is 15.9. The van der Waals surface area contributed by atoms with Crippen molar-refractivity contribution >= 4 is 15.7 Å². The van der Waals surface area contributed by atoms with Crippen LogP contribution >= 0.6 is 0 Å². The molecule has 0 N–H and O–H groups in total. The van der Waals surface area contributed by atoms with Crippen molar-refractivity contribution in [3.63, 3.8) is 0 Å². The van der Waals surface area contributed by atoms with Gasteiger partial charge in [-0.25, -0.2) is 0 Å². The second-order valence-electron chi connectivity index (χ2n) is 0.258. The average Bonchev–Trinajstić information content (AvgIpc) is 1.39. The molecule has 0 spiro atoms. The van der Waals surface area contributed by atoms with Crippen LogP contribution in [0.25, 0.3) is 0 Å². The summed E-state index contributed by atoms with van der Waals surface area (Å²) in [7, 11) is 8.31. The topological polar surface area (TPSA) is 47.6 Å². The predicted octanol–water partition coefficient (Wildman–Crippen LogP) is -0.731. The Morgan fingerprint density at radius 3 is 1.00 bits per heavy atom. The van der Waals surface area contributed by atoms with E-state index in [0.717, 1.165) is 0 Å². The van der Waals surface area contributed by atoms with Crippen LogP contribution in [-0.2, 0) is 17.1 Å². The van der Waals surface area contributed by atoms with Gasteiger partial charge in [-0.05, 0) is 0 Å². The summed E-state index contributed by atoms with van der Waals surface area (Å²) in [6.45, 7) is 0. The van der Waals surface area contributed by atoms with Gasteiger partial charge in [-0.15, -0.1) is 0 Å². The van der Waals surface area contributed by atoms with Gasteiger partial charge in [0.15, 0.2) is 0 Å². The van der Waals surface area contributed by atoms with Crippen LogP contribution in [-0.4, -0.2) is 15.7 Å². The van der Waals surface area contributed by atoms with Crippen LogP contribution in [0.4, 0.5) is 0 Å². The first-order valence-corrected chi connectivity index (χ1v) is 1.02. The summed E-state index contributed by atoms with van der Waals surface area (Å²) >= 11 is 0. The minimum atomic E-state index is 0. The maximum atomic E-state index is 7.10. The standard InChI is InChI=1S/2CBN.Cu/c2*2-1-3;/q2*-1;+2. The first-order valence-electron chi connectivity index (χ1n) is 1.02. The van der Waals surface area contributed by atoms with Gasteiger partial charge in [0, 0.05) is 0 Å². The summed E-state index contributed by atoms with van der Waals surface area (Å²) in [5, 5.41) is 14.2. The predicted molar refractivity (Wildman–Crippen MR) is 22.7 cm³/mol. The van der Waals surface area contributed by atoms with Gasteiger partial charge in [0.1, 0.15) is 0 Å². The molecule has 0 aromatic carbocycles. The molecule has 5 heteroatoms. The van der Waals surface area contributed by atoms with Crippen LogP contribution in [0.1, 0.15) is 0 Å². The van der Waals surface area contributed by atoms with Crippen LogP contribution in [0, 0.1) is 22.5 Å². The van der Waals surface area contributed by atoms with Gasteiger partial charge in [0.2, 0.25) is 0 Å². The van der Waals surface area contributed by atoms with Gasteiger partial charge in [-0.1, -0.05) is 0 Å². The number of hydrogen-bond acceptors (Lipinski definition) is 2. The second kappa shape index (κ2) is 45.4. The fourth-order valence-corrected chi connectivity index (χ4v) is 0. The maximum Gasteiger partial charge on any atom is 2.00 e. The molecule has 7 heavy (non-hydrogen) atoms. The Balaban J connectivity index is -0.0000000400. The molecule has 7 radical (unpaired) electrons. The molecule has 2 nitrogen and oxygen atoms in total. The molecular weight excluding hydrogens is 137 g/mol. The van der Waals surface area contributed by atoms with E-state index < -0.39 is 0 Å². The number of rotatable bonds is 0. The minimum Gasteiger partial charge on any atom is -0.466 e. The maximum absolute atomic E-state index is 7.10. The van der Waals surface area contributed by atoms with E-state index in [2.05, 4.69) is 15.7 Å². The summed E-state index contributed by atoms with van der Waals surface area (Å²) in [5.74, 6) is 2.50. The average molecular weight is 137 g/mol. The van der Waals surface area contributed by atoms with E-state index in [4.69, 9.17) is 10.5 Å². The smallest absolute Gasteiger partial charge is 0.466 e. The molecule has 0 aromatic rings. The molecular formula is C2B2CuN2. The van der Waals surface area contributed by atoms with Crippen LogP contribution in [0.3, 0.4) is 0 Å². The summed E-state index contributed by atoms with van der Waals surface area (Å²) in [6, 6.07) is 0. The van der Waals surface area contributed by atoms with E-state index in [9.17, 15) is 0 Å². The summed E-state index contributed by atoms with van der Waals surface area (Å²) in [5.41, 5.74) is 0. The van der Waals surface area contributed by atoms with Gasteiger partial charge in [-0.3, -0.25) is 22.5 Å². The number of nitriles is 2. The van der Waals surface area contributed by atoms with Crippen molar-refractivity contribution in [3.8, 4) is 11.9 Å². The molecule has 0 aliphatic rings. The molecule has 0 amide bonds. The van der Waals surface area contributed by atoms with Crippen molar-refractivity contribution in [1.82, 2.24) is 0 Å². The zero-order chi connectivity index (χ0) is 5.41. The quantitative estimate of drug-likeness (QED) is 0.413.